The number of hydrogen-bond donors (Lipinski definition) is 2. The molecular weight excluding hydrogens is 530 g/mol. The van der Waals surface area contributed by atoms with Crippen LogP contribution in [0.2, 0.25) is 5.02 Å². The summed E-state index contributed by atoms with van der Waals surface area (Å²) in [4.78, 5) is 12.6. The maximum absolute atomic E-state index is 13.3. The standard InChI is InChI=1S/C23H21BrClN3O4S/c1-16-6-9-20(10-7-16)33(31,32)28(14-17-4-2-3-5-21(17)25)15-23(30)27-26-13-18-12-19(24)8-11-22(18)29/h2-13,29H,14-15H2,1H3,(H,27,30)/b26-13-. The highest BCUT2D eigenvalue weighted by molar-refractivity contribution is 9.10. The summed E-state index contributed by atoms with van der Waals surface area (Å²) in [6.45, 7) is 1.27. The van der Waals surface area contributed by atoms with Gasteiger partial charge in [-0.3, -0.25) is 4.79 Å². The Morgan fingerprint density at radius 1 is 1.15 bits per heavy atom. The van der Waals surface area contributed by atoms with E-state index in [2.05, 4.69) is 26.5 Å². The van der Waals surface area contributed by atoms with Gasteiger partial charge in [0.15, 0.2) is 0 Å². The van der Waals surface area contributed by atoms with Crippen LogP contribution < -0.4 is 5.43 Å². The highest BCUT2D eigenvalue weighted by Gasteiger charge is 2.27. The van der Waals surface area contributed by atoms with Gasteiger partial charge in [0.25, 0.3) is 5.91 Å². The molecule has 0 atom stereocenters. The van der Waals surface area contributed by atoms with Crippen LogP contribution in [-0.4, -0.2) is 36.5 Å². The minimum absolute atomic E-state index is 0.0153. The number of aromatic hydroxyl groups is 1. The summed E-state index contributed by atoms with van der Waals surface area (Å²) in [6, 6.07) is 18.0. The fourth-order valence-electron chi connectivity index (χ4n) is 2.90. The zero-order valence-electron chi connectivity index (χ0n) is 17.6. The molecule has 3 aromatic carbocycles. The predicted molar refractivity (Wildman–Crippen MR) is 132 cm³/mol. The van der Waals surface area contributed by atoms with Crippen LogP contribution in [0.15, 0.2) is 81.2 Å². The number of benzene rings is 3. The zero-order chi connectivity index (χ0) is 24.0. The topological polar surface area (TPSA) is 99.1 Å². The highest BCUT2D eigenvalue weighted by Crippen LogP contribution is 2.23. The Balaban J connectivity index is 1.82. The number of phenols is 1. The molecule has 33 heavy (non-hydrogen) atoms. The summed E-state index contributed by atoms with van der Waals surface area (Å²) >= 11 is 9.52. The molecule has 0 saturated heterocycles. The van der Waals surface area contributed by atoms with E-state index in [9.17, 15) is 18.3 Å². The number of carbonyl (C=O) groups excluding carboxylic acids is 1. The first-order chi connectivity index (χ1) is 15.7. The van der Waals surface area contributed by atoms with Crippen molar-refractivity contribution < 1.29 is 18.3 Å². The van der Waals surface area contributed by atoms with Crippen LogP contribution >= 0.6 is 27.5 Å². The van der Waals surface area contributed by atoms with Crippen LogP contribution in [0.25, 0.3) is 0 Å². The second-order valence-electron chi connectivity index (χ2n) is 7.17. The van der Waals surface area contributed by atoms with Crippen molar-refractivity contribution in [3.8, 4) is 5.75 Å². The van der Waals surface area contributed by atoms with Gasteiger partial charge in [0, 0.05) is 21.6 Å². The number of carbonyl (C=O) groups is 1. The smallest absolute Gasteiger partial charge is 0.255 e. The molecule has 3 aromatic rings. The third kappa shape index (κ3) is 6.64. The Morgan fingerprint density at radius 2 is 1.85 bits per heavy atom. The number of phenolic OH excluding ortho intramolecular Hbond substituents is 1. The molecule has 0 saturated carbocycles. The largest absolute Gasteiger partial charge is 0.507 e. The van der Waals surface area contributed by atoms with Crippen LogP contribution in [0.3, 0.4) is 0 Å². The van der Waals surface area contributed by atoms with Gasteiger partial charge in [-0.15, -0.1) is 0 Å². The fourth-order valence-corrected chi connectivity index (χ4v) is 4.85. The predicted octanol–water partition coefficient (Wildman–Crippen LogP) is 4.46. The van der Waals surface area contributed by atoms with Crippen molar-refractivity contribution in [1.29, 1.82) is 0 Å². The number of nitrogens with zero attached hydrogens (tertiary/aromatic N) is 2. The summed E-state index contributed by atoms with van der Waals surface area (Å²) in [7, 11) is -4.00. The van der Waals surface area contributed by atoms with Gasteiger partial charge < -0.3 is 5.11 Å². The van der Waals surface area contributed by atoms with Gasteiger partial charge in [0.2, 0.25) is 10.0 Å². The fraction of sp³-hybridized carbons (Fsp3) is 0.130. The average molecular weight is 551 g/mol. The van der Waals surface area contributed by atoms with Crippen molar-refractivity contribution in [3.05, 3.63) is 92.9 Å². The maximum atomic E-state index is 13.3. The van der Waals surface area contributed by atoms with Gasteiger partial charge >= 0.3 is 0 Å². The highest BCUT2D eigenvalue weighted by atomic mass is 79.9. The molecule has 0 heterocycles. The molecule has 0 aliphatic carbocycles. The van der Waals surface area contributed by atoms with Gasteiger partial charge in [-0.25, -0.2) is 13.8 Å². The Kier molecular flexibility index (Phi) is 8.25. The van der Waals surface area contributed by atoms with E-state index in [1.165, 1.54) is 24.4 Å². The molecule has 10 heteroatoms. The lowest BCUT2D eigenvalue weighted by molar-refractivity contribution is -0.121. The quantitative estimate of drug-likeness (QED) is 0.320. The molecule has 0 bridgehead atoms. The van der Waals surface area contributed by atoms with Gasteiger partial charge in [0.1, 0.15) is 5.75 Å². The Morgan fingerprint density at radius 3 is 2.55 bits per heavy atom. The molecule has 3 rings (SSSR count). The van der Waals surface area contributed by atoms with Crippen LogP contribution in [0.4, 0.5) is 0 Å². The first kappa shape index (κ1) is 24.9. The van der Waals surface area contributed by atoms with E-state index in [4.69, 9.17) is 11.6 Å². The molecule has 2 N–H and O–H groups in total. The SMILES string of the molecule is Cc1ccc(S(=O)(=O)N(CC(=O)N/N=C\c2cc(Br)ccc2O)Cc2ccccc2Cl)cc1. The van der Waals surface area contributed by atoms with Crippen molar-refractivity contribution in [2.45, 2.75) is 18.4 Å². The maximum Gasteiger partial charge on any atom is 0.255 e. The summed E-state index contributed by atoms with van der Waals surface area (Å²) in [5.74, 6) is -0.665. The second-order valence-corrected chi connectivity index (χ2v) is 10.4. The number of hydrogen-bond acceptors (Lipinski definition) is 5. The van der Waals surface area contributed by atoms with Crippen molar-refractivity contribution >= 4 is 49.7 Å². The van der Waals surface area contributed by atoms with Crippen molar-refractivity contribution in [2.24, 2.45) is 5.10 Å². The lowest BCUT2D eigenvalue weighted by Crippen LogP contribution is -2.39. The molecule has 0 fully saturated rings. The number of sulfonamides is 1. The van der Waals surface area contributed by atoms with E-state index in [1.54, 1.807) is 48.5 Å². The molecule has 7 nitrogen and oxygen atoms in total. The molecule has 0 radical (unpaired) electrons. The normalized spacial score (nSPS) is 11.8. The summed E-state index contributed by atoms with van der Waals surface area (Å²) in [5.41, 5.74) is 4.16. The Labute approximate surface area is 205 Å². The third-order valence-electron chi connectivity index (χ3n) is 4.67. The van der Waals surface area contributed by atoms with E-state index in [1.807, 2.05) is 6.92 Å². The molecular formula is C23H21BrClN3O4S. The third-order valence-corrected chi connectivity index (χ3v) is 7.33. The summed E-state index contributed by atoms with van der Waals surface area (Å²) < 4.78 is 28.4. The van der Waals surface area contributed by atoms with Crippen LogP contribution in [0.1, 0.15) is 16.7 Å². The van der Waals surface area contributed by atoms with E-state index in [-0.39, 0.29) is 17.2 Å². The molecule has 0 aromatic heterocycles. The van der Waals surface area contributed by atoms with Crippen LogP contribution in [0.5, 0.6) is 5.75 Å². The number of rotatable bonds is 8. The van der Waals surface area contributed by atoms with Gasteiger partial charge in [-0.1, -0.05) is 63.4 Å². The number of amides is 1. The van der Waals surface area contributed by atoms with Crippen molar-refractivity contribution in [2.75, 3.05) is 6.54 Å². The van der Waals surface area contributed by atoms with E-state index in [0.717, 1.165) is 14.3 Å². The van der Waals surface area contributed by atoms with Crippen molar-refractivity contribution in [1.82, 2.24) is 9.73 Å². The molecule has 0 unspecified atom stereocenters. The molecule has 0 spiro atoms. The number of nitrogens with one attached hydrogen (secondary N) is 1. The average Bonchev–Trinajstić information content (AvgIpc) is 2.77. The minimum Gasteiger partial charge on any atom is -0.507 e. The first-order valence-electron chi connectivity index (χ1n) is 9.77. The zero-order valence-corrected chi connectivity index (χ0v) is 20.7. The Hall–Kier alpha value is -2.72. The molecule has 1 amide bonds. The van der Waals surface area contributed by atoms with E-state index < -0.39 is 22.5 Å². The van der Waals surface area contributed by atoms with Gasteiger partial charge in [-0.2, -0.15) is 9.41 Å². The summed E-state index contributed by atoms with van der Waals surface area (Å²) in [5, 5.41) is 14.1. The lowest BCUT2D eigenvalue weighted by atomic mass is 10.2. The van der Waals surface area contributed by atoms with Gasteiger partial charge in [0.05, 0.1) is 17.7 Å². The number of aryl methyl sites for hydroxylation is 1. The number of hydrazone groups is 1. The Bertz CT molecular complexity index is 1280. The molecule has 0 aliphatic rings. The first-order valence-corrected chi connectivity index (χ1v) is 12.4. The minimum atomic E-state index is -4.00. The van der Waals surface area contributed by atoms with Gasteiger partial charge in [-0.05, 0) is 48.9 Å². The lowest BCUT2D eigenvalue weighted by Gasteiger charge is -2.22. The monoisotopic (exact) mass is 549 g/mol. The summed E-state index contributed by atoms with van der Waals surface area (Å²) in [6.07, 6.45) is 1.27. The van der Waals surface area contributed by atoms with E-state index >= 15 is 0 Å². The van der Waals surface area contributed by atoms with Crippen LogP contribution in [0, 0.1) is 6.92 Å². The number of halogens is 2. The molecule has 172 valence electrons. The van der Waals surface area contributed by atoms with E-state index in [0.29, 0.717) is 16.1 Å². The second kappa shape index (κ2) is 10.9. The van der Waals surface area contributed by atoms with Crippen molar-refractivity contribution in [3.63, 3.8) is 0 Å². The molecule has 0 aliphatic heterocycles. The van der Waals surface area contributed by atoms with Crippen LogP contribution in [-0.2, 0) is 21.4 Å².